The highest BCUT2D eigenvalue weighted by Crippen LogP contribution is 2.26. The van der Waals surface area contributed by atoms with Crippen LogP contribution in [-0.4, -0.2) is 16.9 Å². The molecule has 1 aromatic carbocycles. The fraction of sp³-hybridized carbons (Fsp3) is 0.167. The number of carbonyl (C=O) groups is 2. The van der Waals surface area contributed by atoms with Crippen molar-refractivity contribution in [2.75, 3.05) is 4.90 Å². The Morgan fingerprint density at radius 1 is 1.19 bits per heavy atom. The zero-order chi connectivity index (χ0) is 11.9. The molecule has 0 saturated heterocycles. The van der Waals surface area contributed by atoms with Crippen molar-refractivity contribution in [1.29, 1.82) is 0 Å². The summed E-state index contributed by atoms with van der Waals surface area (Å²) in [6.45, 7) is 3.32. The summed E-state index contributed by atoms with van der Waals surface area (Å²) >= 11 is 0. The van der Waals surface area contributed by atoms with Crippen molar-refractivity contribution < 1.29 is 14.7 Å². The second-order valence-corrected chi connectivity index (χ2v) is 3.78. The van der Waals surface area contributed by atoms with Gasteiger partial charge < -0.3 is 5.11 Å². The maximum atomic E-state index is 11.7. The number of aryl methyl sites for hydroxylation is 1. The van der Waals surface area contributed by atoms with Crippen LogP contribution in [0.1, 0.15) is 12.5 Å². The van der Waals surface area contributed by atoms with Gasteiger partial charge in [0, 0.05) is 11.6 Å². The Morgan fingerprint density at radius 3 is 2.38 bits per heavy atom. The summed E-state index contributed by atoms with van der Waals surface area (Å²) in [6.07, 6.45) is 1.31. The van der Waals surface area contributed by atoms with Gasteiger partial charge in [-0.1, -0.05) is 0 Å². The number of carbonyl (C=O) groups excluding carboxylic acids is 2. The van der Waals surface area contributed by atoms with E-state index in [1.165, 1.54) is 12.1 Å². The predicted octanol–water partition coefficient (Wildman–Crippen LogP) is 1.52. The summed E-state index contributed by atoms with van der Waals surface area (Å²) in [5, 5.41) is 9.37. The van der Waals surface area contributed by atoms with Crippen molar-refractivity contribution in [1.82, 2.24) is 0 Å². The Bertz CT molecular complexity index is 517. The van der Waals surface area contributed by atoms with Crippen LogP contribution in [0.5, 0.6) is 5.75 Å². The zero-order valence-corrected chi connectivity index (χ0v) is 9.02. The van der Waals surface area contributed by atoms with E-state index in [0.717, 1.165) is 4.90 Å². The van der Waals surface area contributed by atoms with Gasteiger partial charge in [-0.2, -0.15) is 0 Å². The quantitative estimate of drug-likeness (QED) is 0.725. The third kappa shape index (κ3) is 1.48. The summed E-state index contributed by atoms with van der Waals surface area (Å²) in [4.78, 5) is 24.3. The SMILES string of the molecule is CC1=CC(=O)N(c2ccc(O)c(C)c2)C1=O. The van der Waals surface area contributed by atoms with Crippen LogP contribution in [0, 0.1) is 6.92 Å². The topological polar surface area (TPSA) is 57.6 Å². The molecule has 0 bridgehead atoms. The zero-order valence-electron chi connectivity index (χ0n) is 9.02. The highest BCUT2D eigenvalue weighted by molar-refractivity contribution is 6.30. The maximum Gasteiger partial charge on any atom is 0.261 e. The van der Waals surface area contributed by atoms with Gasteiger partial charge >= 0.3 is 0 Å². The van der Waals surface area contributed by atoms with Crippen molar-refractivity contribution in [3.63, 3.8) is 0 Å². The van der Waals surface area contributed by atoms with E-state index < -0.39 is 0 Å². The highest BCUT2D eigenvalue weighted by atomic mass is 16.3. The maximum absolute atomic E-state index is 11.7. The molecule has 4 heteroatoms. The average Bonchev–Trinajstić information content (AvgIpc) is 2.47. The number of nitrogens with zero attached hydrogens (tertiary/aromatic N) is 1. The number of benzene rings is 1. The second-order valence-electron chi connectivity index (χ2n) is 3.78. The first-order valence-corrected chi connectivity index (χ1v) is 4.87. The van der Waals surface area contributed by atoms with Crippen LogP contribution < -0.4 is 4.90 Å². The van der Waals surface area contributed by atoms with E-state index in [2.05, 4.69) is 0 Å². The minimum absolute atomic E-state index is 0.146. The summed E-state index contributed by atoms with van der Waals surface area (Å²) < 4.78 is 0. The first-order valence-electron chi connectivity index (χ1n) is 4.87. The average molecular weight is 217 g/mol. The third-order valence-electron chi connectivity index (χ3n) is 2.54. The van der Waals surface area contributed by atoms with Crippen LogP contribution in [0.4, 0.5) is 5.69 Å². The predicted molar refractivity (Wildman–Crippen MR) is 59.1 cm³/mol. The standard InChI is InChI=1S/C12H11NO3/c1-7-5-9(3-4-10(7)14)13-11(15)6-8(2)12(13)16/h3-6,14H,1-2H3. The van der Waals surface area contributed by atoms with Crippen molar-refractivity contribution in [3.8, 4) is 5.75 Å². The van der Waals surface area contributed by atoms with E-state index in [1.807, 2.05) is 0 Å². The number of amides is 2. The molecule has 0 aliphatic carbocycles. The van der Waals surface area contributed by atoms with Gasteiger partial charge in [0.25, 0.3) is 11.8 Å². The number of rotatable bonds is 1. The molecular formula is C12H11NO3. The molecule has 1 aliphatic heterocycles. The van der Waals surface area contributed by atoms with Crippen LogP contribution in [0.25, 0.3) is 0 Å². The number of anilines is 1. The monoisotopic (exact) mass is 217 g/mol. The molecule has 1 aliphatic rings. The number of hydrogen-bond donors (Lipinski definition) is 1. The summed E-state index contributed by atoms with van der Waals surface area (Å²) in [5.74, 6) is -0.504. The number of aromatic hydroxyl groups is 1. The van der Waals surface area contributed by atoms with Gasteiger partial charge in [0.1, 0.15) is 5.75 Å². The molecule has 0 spiro atoms. The van der Waals surface area contributed by atoms with Crippen LogP contribution in [0.3, 0.4) is 0 Å². The molecule has 0 unspecified atom stereocenters. The molecule has 82 valence electrons. The van der Waals surface area contributed by atoms with Gasteiger partial charge in [-0.25, -0.2) is 4.90 Å². The van der Waals surface area contributed by atoms with Gasteiger partial charge in [-0.3, -0.25) is 9.59 Å². The lowest BCUT2D eigenvalue weighted by molar-refractivity contribution is -0.120. The summed E-state index contributed by atoms with van der Waals surface area (Å²) in [7, 11) is 0. The van der Waals surface area contributed by atoms with E-state index in [1.54, 1.807) is 26.0 Å². The van der Waals surface area contributed by atoms with E-state index in [9.17, 15) is 14.7 Å². The minimum Gasteiger partial charge on any atom is -0.508 e. The molecule has 0 aromatic heterocycles. The minimum atomic E-state index is -0.340. The molecule has 1 heterocycles. The van der Waals surface area contributed by atoms with E-state index in [-0.39, 0.29) is 17.6 Å². The molecule has 2 amide bonds. The number of imide groups is 1. The van der Waals surface area contributed by atoms with E-state index in [0.29, 0.717) is 16.8 Å². The molecule has 0 fully saturated rings. The van der Waals surface area contributed by atoms with Crippen molar-refractivity contribution in [2.24, 2.45) is 0 Å². The van der Waals surface area contributed by atoms with Crippen LogP contribution in [0.2, 0.25) is 0 Å². The summed E-state index contributed by atoms with van der Waals surface area (Å²) in [6, 6.07) is 4.63. The molecule has 1 N–H and O–H groups in total. The molecule has 0 atom stereocenters. The number of hydrogen-bond acceptors (Lipinski definition) is 3. The van der Waals surface area contributed by atoms with Crippen LogP contribution in [-0.2, 0) is 9.59 Å². The fourth-order valence-corrected chi connectivity index (χ4v) is 1.61. The van der Waals surface area contributed by atoms with Gasteiger partial charge in [0.15, 0.2) is 0 Å². The summed E-state index contributed by atoms with van der Waals surface area (Å²) in [5.41, 5.74) is 1.54. The van der Waals surface area contributed by atoms with Gasteiger partial charge in [-0.15, -0.1) is 0 Å². The normalized spacial score (nSPS) is 15.6. The van der Waals surface area contributed by atoms with E-state index >= 15 is 0 Å². The lowest BCUT2D eigenvalue weighted by Gasteiger charge is -2.15. The van der Waals surface area contributed by atoms with Crippen molar-refractivity contribution in [2.45, 2.75) is 13.8 Å². The van der Waals surface area contributed by atoms with Gasteiger partial charge in [0.05, 0.1) is 5.69 Å². The Labute approximate surface area is 92.8 Å². The van der Waals surface area contributed by atoms with Crippen LogP contribution >= 0.6 is 0 Å². The number of phenolic OH excluding ortho intramolecular Hbond substituents is 1. The molecular weight excluding hydrogens is 206 g/mol. The van der Waals surface area contributed by atoms with Gasteiger partial charge in [-0.05, 0) is 37.6 Å². The Morgan fingerprint density at radius 2 is 1.88 bits per heavy atom. The third-order valence-corrected chi connectivity index (χ3v) is 2.54. The highest BCUT2D eigenvalue weighted by Gasteiger charge is 2.29. The molecule has 0 saturated carbocycles. The van der Waals surface area contributed by atoms with Crippen molar-refractivity contribution >= 4 is 17.5 Å². The molecule has 4 nitrogen and oxygen atoms in total. The molecule has 2 rings (SSSR count). The first kappa shape index (κ1) is 10.4. The largest absolute Gasteiger partial charge is 0.508 e. The Kier molecular flexibility index (Phi) is 2.27. The smallest absolute Gasteiger partial charge is 0.261 e. The van der Waals surface area contributed by atoms with E-state index in [4.69, 9.17) is 0 Å². The lowest BCUT2D eigenvalue weighted by Crippen LogP contribution is -2.30. The van der Waals surface area contributed by atoms with Crippen LogP contribution in [0.15, 0.2) is 29.8 Å². The molecule has 16 heavy (non-hydrogen) atoms. The lowest BCUT2D eigenvalue weighted by atomic mass is 10.2. The molecule has 0 radical (unpaired) electrons. The Hall–Kier alpha value is -2.10. The second kappa shape index (κ2) is 3.48. The van der Waals surface area contributed by atoms with Gasteiger partial charge in [0.2, 0.25) is 0 Å². The number of phenols is 1. The Balaban J connectivity index is 2.43. The first-order chi connectivity index (χ1) is 7.50. The molecule has 1 aromatic rings. The fourth-order valence-electron chi connectivity index (χ4n) is 1.61. The van der Waals surface area contributed by atoms with Crippen molar-refractivity contribution in [3.05, 3.63) is 35.4 Å².